The molecule has 0 bridgehead atoms. The molecule has 0 radical (unpaired) electrons. The first kappa shape index (κ1) is 22.2. The summed E-state index contributed by atoms with van der Waals surface area (Å²) in [6.07, 6.45) is 6.26. The molecule has 0 spiro atoms. The number of benzene rings is 2. The average Bonchev–Trinajstić information content (AvgIpc) is 3.67. The zero-order chi connectivity index (χ0) is 23.9. The molecule has 0 aliphatic carbocycles. The van der Waals surface area contributed by atoms with Crippen molar-refractivity contribution in [2.24, 2.45) is 0 Å². The summed E-state index contributed by atoms with van der Waals surface area (Å²) >= 11 is 0. The standard InChI is InChI=1S/C28H31FN6/c1-16-3-13-22(31-16)27-30-15-24(33-27)20-9-5-18(6-10-20)19-7-11-21(12-8-19)25-26(29)35-28(34-25)23-14-4-17(2)32-23/h5-12,15-17,22-23,31-32H,3-4,13-14H2,1-2H3,(H,30,33)(H,34,35)/t16-,17+,22-,23+/m1/s1. The molecule has 2 aliphatic rings. The minimum absolute atomic E-state index is 0.0926. The molecule has 2 aromatic heterocycles. The van der Waals surface area contributed by atoms with E-state index in [1.807, 2.05) is 30.5 Å². The van der Waals surface area contributed by atoms with Gasteiger partial charge in [-0.15, -0.1) is 0 Å². The molecule has 4 N–H and O–H groups in total. The van der Waals surface area contributed by atoms with Gasteiger partial charge in [0.25, 0.3) is 0 Å². The van der Waals surface area contributed by atoms with Crippen molar-refractivity contribution in [1.29, 1.82) is 0 Å². The minimum atomic E-state index is -0.375. The Morgan fingerprint density at radius 1 is 0.686 bits per heavy atom. The van der Waals surface area contributed by atoms with E-state index in [9.17, 15) is 4.39 Å². The first-order valence-electron chi connectivity index (χ1n) is 12.6. The van der Waals surface area contributed by atoms with E-state index in [0.717, 1.165) is 53.0 Å². The van der Waals surface area contributed by atoms with E-state index in [1.165, 1.54) is 6.42 Å². The Hall–Kier alpha value is -3.29. The molecule has 4 aromatic rings. The lowest BCUT2D eigenvalue weighted by Gasteiger charge is -2.08. The number of aromatic nitrogens is 4. The molecular weight excluding hydrogens is 439 g/mol. The second-order valence-corrected chi connectivity index (χ2v) is 10.0. The maximum atomic E-state index is 14.6. The topological polar surface area (TPSA) is 81.4 Å². The van der Waals surface area contributed by atoms with Crippen molar-refractivity contribution in [3.05, 3.63) is 72.3 Å². The number of imidazole rings is 2. The van der Waals surface area contributed by atoms with Crippen LogP contribution in [0.1, 0.15) is 63.3 Å². The number of nitrogens with zero attached hydrogens (tertiary/aromatic N) is 2. The summed E-state index contributed by atoms with van der Waals surface area (Å²) in [5, 5.41) is 7.03. The lowest BCUT2D eigenvalue weighted by molar-refractivity contribution is 0.546. The fraction of sp³-hybridized carbons (Fsp3) is 0.357. The van der Waals surface area contributed by atoms with Crippen LogP contribution in [0.5, 0.6) is 0 Å². The van der Waals surface area contributed by atoms with Gasteiger partial charge in [-0.3, -0.25) is 0 Å². The van der Waals surface area contributed by atoms with E-state index in [2.05, 4.69) is 68.7 Å². The molecule has 4 heterocycles. The summed E-state index contributed by atoms with van der Waals surface area (Å²) in [7, 11) is 0. The normalized spacial score (nSPS) is 24.3. The summed E-state index contributed by atoms with van der Waals surface area (Å²) in [5.41, 5.74) is 5.48. The Morgan fingerprint density at radius 3 is 1.80 bits per heavy atom. The van der Waals surface area contributed by atoms with Gasteiger partial charge in [-0.25, -0.2) is 9.97 Å². The van der Waals surface area contributed by atoms with Crippen LogP contribution in [0.15, 0.2) is 54.7 Å². The predicted octanol–water partition coefficient (Wildman–Crippen LogP) is 5.90. The third-order valence-electron chi connectivity index (χ3n) is 7.37. The van der Waals surface area contributed by atoms with E-state index in [4.69, 9.17) is 0 Å². The minimum Gasteiger partial charge on any atom is -0.341 e. The molecule has 0 saturated carbocycles. The first-order chi connectivity index (χ1) is 17.0. The fourth-order valence-corrected chi connectivity index (χ4v) is 5.33. The third kappa shape index (κ3) is 4.42. The van der Waals surface area contributed by atoms with Crippen molar-refractivity contribution >= 4 is 0 Å². The second-order valence-electron chi connectivity index (χ2n) is 10.0. The molecule has 6 nitrogen and oxygen atoms in total. The highest BCUT2D eigenvalue weighted by Crippen LogP contribution is 2.31. The molecular formula is C28H31FN6. The molecule has 35 heavy (non-hydrogen) atoms. The summed E-state index contributed by atoms with van der Waals surface area (Å²) in [5.74, 6) is 1.32. The molecule has 0 amide bonds. The SMILES string of the molecule is C[C@@H]1CC[C@H](c2ncc(-c3ccc(-c4ccc(-c5nc([C@@H]6CC[C@H](C)N6)[nH]c5F)cc4)cc3)[nH]2)N1. The fourth-order valence-electron chi connectivity index (χ4n) is 5.33. The Labute approximate surface area is 204 Å². The van der Waals surface area contributed by atoms with Crippen molar-refractivity contribution in [1.82, 2.24) is 30.6 Å². The van der Waals surface area contributed by atoms with Crippen LogP contribution in [-0.4, -0.2) is 32.0 Å². The first-order valence-corrected chi connectivity index (χ1v) is 12.6. The van der Waals surface area contributed by atoms with Crippen LogP contribution in [0, 0.1) is 5.95 Å². The number of H-pyrrole nitrogens is 2. The van der Waals surface area contributed by atoms with Crippen LogP contribution in [0.4, 0.5) is 4.39 Å². The quantitative estimate of drug-likeness (QED) is 0.293. The van der Waals surface area contributed by atoms with Crippen molar-refractivity contribution in [2.75, 3.05) is 0 Å². The number of halogens is 1. The maximum absolute atomic E-state index is 14.6. The molecule has 2 saturated heterocycles. The molecule has 2 aliphatic heterocycles. The summed E-state index contributed by atoms with van der Waals surface area (Å²) in [6, 6.07) is 17.7. The van der Waals surface area contributed by atoms with Crippen LogP contribution < -0.4 is 10.6 Å². The molecule has 2 aromatic carbocycles. The Morgan fingerprint density at radius 2 is 1.23 bits per heavy atom. The van der Waals surface area contributed by atoms with E-state index >= 15 is 0 Å². The van der Waals surface area contributed by atoms with Crippen molar-refractivity contribution in [3.8, 4) is 33.6 Å². The Bertz CT molecular complexity index is 1310. The number of nitrogens with one attached hydrogen (secondary N) is 4. The van der Waals surface area contributed by atoms with Gasteiger partial charge >= 0.3 is 0 Å². The Balaban J connectivity index is 1.17. The van der Waals surface area contributed by atoms with Crippen LogP contribution in [0.25, 0.3) is 33.6 Å². The van der Waals surface area contributed by atoms with Crippen LogP contribution in [-0.2, 0) is 0 Å². The molecule has 0 unspecified atom stereocenters. The number of hydrogen-bond acceptors (Lipinski definition) is 4. The monoisotopic (exact) mass is 470 g/mol. The zero-order valence-electron chi connectivity index (χ0n) is 20.1. The molecule has 7 heteroatoms. The van der Waals surface area contributed by atoms with Crippen molar-refractivity contribution in [2.45, 2.75) is 63.7 Å². The smallest absolute Gasteiger partial charge is 0.219 e. The largest absolute Gasteiger partial charge is 0.341 e. The van der Waals surface area contributed by atoms with Gasteiger partial charge in [-0.1, -0.05) is 48.5 Å². The molecule has 6 rings (SSSR count). The average molecular weight is 471 g/mol. The van der Waals surface area contributed by atoms with Crippen molar-refractivity contribution in [3.63, 3.8) is 0 Å². The van der Waals surface area contributed by atoms with Crippen LogP contribution in [0.3, 0.4) is 0 Å². The highest BCUT2D eigenvalue weighted by Gasteiger charge is 2.26. The summed E-state index contributed by atoms with van der Waals surface area (Å²) in [6.45, 7) is 4.36. The van der Waals surface area contributed by atoms with Gasteiger partial charge < -0.3 is 20.6 Å². The lowest BCUT2D eigenvalue weighted by Crippen LogP contribution is -2.21. The van der Waals surface area contributed by atoms with Crippen molar-refractivity contribution < 1.29 is 4.39 Å². The number of hydrogen-bond donors (Lipinski definition) is 4. The zero-order valence-corrected chi connectivity index (χ0v) is 20.1. The summed E-state index contributed by atoms with van der Waals surface area (Å²) < 4.78 is 14.6. The van der Waals surface area contributed by atoms with Crippen LogP contribution >= 0.6 is 0 Å². The van der Waals surface area contributed by atoms with E-state index in [1.54, 1.807) is 0 Å². The number of rotatable bonds is 5. The second kappa shape index (κ2) is 9.06. The maximum Gasteiger partial charge on any atom is 0.219 e. The third-order valence-corrected chi connectivity index (χ3v) is 7.37. The van der Waals surface area contributed by atoms with Crippen LogP contribution in [0.2, 0.25) is 0 Å². The molecule has 2 fully saturated rings. The number of aromatic amines is 2. The van der Waals surface area contributed by atoms with Gasteiger partial charge in [0.2, 0.25) is 5.95 Å². The van der Waals surface area contributed by atoms with E-state index < -0.39 is 0 Å². The lowest BCUT2D eigenvalue weighted by atomic mass is 10.0. The predicted molar refractivity (Wildman–Crippen MR) is 136 cm³/mol. The van der Waals surface area contributed by atoms with Gasteiger partial charge in [-0.05, 0) is 56.2 Å². The van der Waals surface area contributed by atoms with Gasteiger partial charge in [0.1, 0.15) is 17.3 Å². The van der Waals surface area contributed by atoms with Gasteiger partial charge in [0.15, 0.2) is 0 Å². The molecule has 4 atom stereocenters. The highest BCUT2D eigenvalue weighted by atomic mass is 19.1. The van der Waals surface area contributed by atoms with Gasteiger partial charge in [0.05, 0.1) is 24.0 Å². The van der Waals surface area contributed by atoms with E-state index in [0.29, 0.717) is 29.6 Å². The Kier molecular flexibility index (Phi) is 5.74. The van der Waals surface area contributed by atoms with Gasteiger partial charge in [-0.2, -0.15) is 4.39 Å². The molecule has 180 valence electrons. The summed E-state index contributed by atoms with van der Waals surface area (Å²) in [4.78, 5) is 15.5. The van der Waals surface area contributed by atoms with E-state index in [-0.39, 0.29) is 12.0 Å². The highest BCUT2D eigenvalue weighted by molar-refractivity contribution is 5.71. The van der Waals surface area contributed by atoms with Gasteiger partial charge in [0, 0.05) is 17.6 Å².